The first-order valence-electron chi connectivity index (χ1n) is 6.81. The highest BCUT2D eigenvalue weighted by Crippen LogP contribution is 2.15. The fraction of sp³-hybridized carbons (Fsp3) is 0.533. The zero-order chi connectivity index (χ0) is 13.8. The van der Waals surface area contributed by atoms with Crippen LogP contribution in [0, 0.1) is 0 Å². The van der Waals surface area contributed by atoms with Gasteiger partial charge in [0, 0.05) is 50.5 Å². The lowest BCUT2D eigenvalue weighted by Crippen LogP contribution is -2.53. The molecular weight excluding hydrogens is 238 g/mol. The van der Waals surface area contributed by atoms with E-state index in [-0.39, 0.29) is 5.78 Å². The fourth-order valence-electron chi connectivity index (χ4n) is 2.44. The molecule has 1 atom stereocenters. The molecule has 1 aromatic rings. The third kappa shape index (κ3) is 3.55. The van der Waals surface area contributed by atoms with Crippen molar-refractivity contribution in [2.75, 3.05) is 45.2 Å². The number of carbonyl (C=O) groups excluding carboxylic acids is 1. The largest absolute Gasteiger partial charge is 0.373 e. The Morgan fingerprint density at radius 3 is 2.68 bits per heavy atom. The van der Waals surface area contributed by atoms with Gasteiger partial charge in [0.1, 0.15) is 0 Å². The molecule has 104 valence electrons. The molecule has 19 heavy (non-hydrogen) atoms. The molecule has 0 spiro atoms. The molecule has 2 rings (SSSR count). The molecule has 1 unspecified atom stereocenters. The first kappa shape index (κ1) is 14.0. The lowest BCUT2D eigenvalue weighted by Gasteiger charge is -2.36. The van der Waals surface area contributed by atoms with Crippen LogP contribution in [0.5, 0.6) is 0 Å². The number of anilines is 1. The molecular formula is C15H23N3O. The third-order valence-corrected chi connectivity index (χ3v) is 3.84. The maximum atomic E-state index is 11.3. The molecule has 0 bridgehead atoms. The molecule has 1 N–H and O–H groups in total. The number of benzene rings is 1. The van der Waals surface area contributed by atoms with Crippen molar-refractivity contribution in [2.45, 2.75) is 13.0 Å². The predicted octanol–water partition coefficient (Wildman–Crippen LogP) is 1.23. The van der Waals surface area contributed by atoms with Gasteiger partial charge in [-0.2, -0.15) is 0 Å². The number of likely N-dealkylation sites (N-methyl/N-ethyl adjacent to an activating group) is 2. The van der Waals surface area contributed by atoms with E-state index >= 15 is 0 Å². The maximum Gasteiger partial charge on any atom is 0.159 e. The molecule has 0 radical (unpaired) electrons. The summed E-state index contributed by atoms with van der Waals surface area (Å²) in [6.45, 7) is 5.79. The number of nitrogens with one attached hydrogen (secondary N) is 1. The Morgan fingerprint density at radius 2 is 2.11 bits per heavy atom. The summed E-state index contributed by atoms with van der Waals surface area (Å²) in [5.41, 5.74) is 1.93. The van der Waals surface area contributed by atoms with Crippen LogP contribution in [0.2, 0.25) is 0 Å². The van der Waals surface area contributed by atoms with Crippen molar-refractivity contribution in [1.82, 2.24) is 10.2 Å². The molecule has 0 amide bonds. The Labute approximate surface area is 115 Å². The predicted molar refractivity (Wildman–Crippen MR) is 79.0 cm³/mol. The minimum absolute atomic E-state index is 0.116. The second-order valence-electron chi connectivity index (χ2n) is 5.32. The van der Waals surface area contributed by atoms with E-state index < -0.39 is 0 Å². The monoisotopic (exact) mass is 261 g/mol. The first-order chi connectivity index (χ1) is 9.08. The Balaban J connectivity index is 1.98. The summed E-state index contributed by atoms with van der Waals surface area (Å²) < 4.78 is 0. The number of carbonyl (C=O) groups is 1. The van der Waals surface area contributed by atoms with Gasteiger partial charge in [-0.1, -0.05) is 0 Å². The number of ketones is 1. The van der Waals surface area contributed by atoms with E-state index in [1.807, 2.05) is 24.3 Å². The second-order valence-corrected chi connectivity index (χ2v) is 5.32. The van der Waals surface area contributed by atoms with Crippen LogP contribution in [0.1, 0.15) is 17.3 Å². The summed E-state index contributed by atoms with van der Waals surface area (Å²) in [5.74, 6) is 0.116. The van der Waals surface area contributed by atoms with Crippen molar-refractivity contribution in [3.63, 3.8) is 0 Å². The minimum Gasteiger partial charge on any atom is -0.373 e. The van der Waals surface area contributed by atoms with Gasteiger partial charge >= 0.3 is 0 Å². The van der Waals surface area contributed by atoms with Crippen LogP contribution in [-0.4, -0.2) is 57.0 Å². The van der Waals surface area contributed by atoms with Crippen LogP contribution in [-0.2, 0) is 0 Å². The Bertz CT molecular complexity index is 430. The summed E-state index contributed by atoms with van der Waals surface area (Å²) in [6, 6.07) is 8.37. The van der Waals surface area contributed by atoms with Gasteiger partial charge in [0.05, 0.1) is 0 Å². The van der Waals surface area contributed by atoms with Crippen LogP contribution in [0.3, 0.4) is 0 Å². The van der Waals surface area contributed by atoms with Gasteiger partial charge in [0.25, 0.3) is 0 Å². The maximum absolute atomic E-state index is 11.3. The summed E-state index contributed by atoms with van der Waals surface area (Å²) in [4.78, 5) is 15.9. The molecule has 0 aromatic heterocycles. The number of hydrogen-bond donors (Lipinski definition) is 1. The zero-order valence-electron chi connectivity index (χ0n) is 12.0. The summed E-state index contributed by atoms with van der Waals surface area (Å²) in [6.07, 6.45) is 0. The van der Waals surface area contributed by atoms with Crippen molar-refractivity contribution in [3.05, 3.63) is 29.8 Å². The number of Topliss-reactive ketones (excluding diaryl/α,β-unsaturated/α-hetero) is 1. The van der Waals surface area contributed by atoms with Crippen LogP contribution >= 0.6 is 0 Å². The number of rotatable bonds is 4. The normalized spacial score (nSPS) is 20.3. The van der Waals surface area contributed by atoms with Crippen molar-refractivity contribution in [2.24, 2.45) is 0 Å². The van der Waals surface area contributed by atoms with Crippen LogP contribution < -0.4 is 10.2 Å². The topological polar surface area (TPSA) is 35.6 Å². The van der Waals surface area contributed by atoms with E-state index in [1.54, 1.807) is 6.92 Å². The van der Waals surface area contributed by atoms with E-state index in [1.165, 1.54) is 0 Å². The van der Waals surface area contributed by atoms with Gasteiger partial charge in [-0.15, -0.1) is 0 Å². The van der Waals surface area contributed by atoms with E-state index in [4.69, 9.17) is 0 Å². The molecule has 0 saturated carbocycles. The number of nitrogens with zero attached hydrogens (tertiary/aromatic N) is 2. The lowest BCUT2D eigenvalue weighted by molar-refractivity contribution is 0.101. The number of piperazine rings is 1. The highest BCUT2D eigenvalue weighted by Gasteiger charge is 2.20. The molecule has 1 heterocycles. The number of hydrogen-bond acceptors (Lipinski definition) is 4. The molecule has 1 aromatic carbocycles. The Kier molecular flexibility index (Phi) is 4.56. The summed E-state index contributed by atoms with van der Waals surface area (Å²) >= 11 is 0. The van der Waals surface area contributed by atoms with Gasteiger partial charge in [-0.05, 0) is 38.2 Å². The average molecular weight is 261 g/mol. The Morgan fingerprint density at radius 1 is 1.42 bits per heavy atom. The van der Waals surface area contributed by atoms with Gasteiger partial charge in [0.15, 0.2) is 5.78 Å². The van der Waals surface area contributed by atoms with Crippen molar-refractivity contribution >= 4 is 11.5 Å². The van der Waals surface area contributed by atoms with Crippen molar-refractivity contribution in [3.8, 4) is 0 Å². The minimum atomic E-state index is 0.116. The highest BCUT2D eigenvalue weighted by atomic mass is 16.1. The van der Waals surface area contributed by atoms with Crippen LogP contribution in [0.25, 0.3) is 0 Å². The highest BCUT2D eigenvalue weighted by molar-refractivity contribution is 5.94. The molecule has 1 saturated heterocycles. The lowest BCUT2D eigenvalue weighted by atomic mass is 10.1. The fourth-order valence-corrected chi connectivity index (χ4v) is 2.44. The molecule has 0 aliphatic carbocycles. The van der Waals surface area contributed by atoms with E-state index in [0.29, 0.717) is 6.04 Å². The summed E-state index contributed by atoms with van der Waals surface area (Å²) in [5, 5.41) is 3.43. The summed E-state index contributed by atoms with van der Waals surface area (Å²) in [7, 11) is 4.28. The van der Waals surface area contributed by atoms with Gasteiger partial charge in [-0.25, -0.2) is 0 Å². The molecule has 1 aliphatic rings. The van der Waals surface area contributed by atoms with Crippen molar-refractivity contribution in [1.29, 1.82) is 0 Å². The van der Waals surface area contributed by atoms with Crippen LogP contribution in [0.15, 0.2) is 24.3 Å². The van der Waals surface area contributed by atoms with Gasteiger partial charge < -0.3 is 10.2 Å². The van der Waals surface area contributed by atoms with E-state index in [9.17, 15) is 4.79 Å². The molecule has 1 fully saturated rings. The average Bonchev–Trinajstić information content (AvgIpc) is 2.41. The Hall–Kier alpha value is -1.39. The van der Waals surface area contributed by atoms with Crippen LogP contribution in [0.4, 0.5) is 5.69 Å². The SMILES string of the molecule is CC(=O)c1ccc(N(C)CC2CNCCN2C)cc1. The molecule has 4 nitrogen and oxygen atoms in total. The van der Waals surface area contributed by atoms with E-state index in [0.717, 1.165) is 37.4 Å². The standard InChI is InChI=1S/C15H23N3O/c1-12(19)13-4-6-14(7-5-13)18(3)11-15-10-16-8-9-17(15)2/h4-7,15-16H,8-11H2,1-3H3. The first-order valence-corrected chi connectivity index (χ1v) is 6.81. The third-order valence-electron chi connectivity index (χ3n) is 3.84. The molecule has 4 heteroatoms. The van der Waals surface area contributed by atoms with E-state index in [2.05, 4.69) is 29.2 Å². The van der Waals surface area contributed by atoms with Gasteiger partial charge in [0.2, 0.25) is 0 Å². The quantitative estimate of drug-likeness (QED) is 0.827. The second kappa shape index (κ2) is 6.17. The molecule has 1 aliphatic heterocycles. The zero-order valence-corrected chi connectivity index (χ0v) is 12.0. The van der Waals surface area contributed by atoms with Gasteiger partial charge in [-0.3, -0.25) is 9.69 Å². The smallest absolute Gasteiger partial charge is 0.159 e. The van der Waals surface area contributed by atoms with Crippen molar-refractivity contribution < 1.29 is 4.79 Å².